The van der Waals surface area contributed by atoms with Gasteiger partial charge in [-0.15, -0.1) is 0 Å². The van der Waals surface area contributed by atoms with Crippen molar-refractivity contribution in [1.82, 2.24) is 9.55 Å². The molecule has 2 N–H and O–H groups in total. The van der Waals surface area contributed by atoms with Crippen LogP contribution in [-0.2, 0) is 7.05 Å². The minimum absolute atomic E-state index is 0.276. The molecule has 1 aromatic heterocycles. The van der Waals surface area contributed by atoms with Crippen LogP contribution >= 0.6 is 0 Å². The number of imidazole rings is 1. The van der Waals surface area contributed by atoms with E-state index in [4.69, 9.17) is 5.73 Å². The summed E-state index contributed by atoms with van der Waals surface area (Å²) >= 11 is 0. The summed E-state index contributed by atoms with van der Waals surface area (Å²) in [6.45, 7) is 3.81. The third kappa shape index (κ3) is 2.08. The molecule has 1 unspecified atom stereocenters. The van der Waals surface area contributed by atoms with E-state index in [1.807, 2.05) is 25.5 Å². The number of nitrogens with two attached hydrogens (primary N) is 1. The number of hydrogen-bond acceptors (Lipinski definition) is 2. The van der Waals surface area contributed by atoms with E-state index in [2.05, 4.69) is 4.98 Å². The highest BCUT2D eigenvalue weighted by Crippen LogP contribution is 2.23. The number of rotatable bonds is 2. The molecule has 1 heterocycles. The summed E-state index contributed by atoms with van der Waals surface area (Å²) in [6.07, 6.45) is 1.70. The smallest absolute Gasteiger partial charge is 0.128 e. The average molecular weight is 233 g/mol. The minimum atomic E-state index is -0.485. The summed E-state index contributed by atoms with van der Waals surface area (Å²) in [5.41, 5.74) is 8.41. The van der Waals surface area contributed by atoms with Crippen LogP contribution in [0.2, 0.25) is 0 Å². The van der Waals surface area contributed by atoms with Gasteiger partial charge in [-0.2, -0.15) is 0 Å². The standard InChI is InChI=1S/C13H16FN3/c1-8-4-5-11(14)10(6-8)13(15)12-7-16-9(2)17(12)3/h4-7,13H,15H2,1-3H3. The van der Waals surface area contributed by atoms with Crippen LogP contribution in [0.4, 0.5) is 4.39 Å². The predicted octanol–water partition coefficient (Wildman–Crippen LogP) is 2.22. The molecule has 90 valence electrons. The molecule has 0 fully saturated rings. The van der Waals surface area contributed by atoms with Crippen molar-refractivity contribution in [3.8, 4) is 0 Å². The highest BCUT2D eigenvalue weighted by Gasteiger charge is 2.17. The number of aryl methyl sites for hydroxylation is 2. The van der Waals surface area contributed by atoms with Crippen LogP contribution in [0.3, 0.4) is 0 Å². The Hall–Kier alpha value is -1.68. The Bertz CT molecular complexity index is 546. The zero-order valence-corrected chi connectivity index (χ0v) is 10.2. The highest BCUT2D eigenvalue weighted by molar-refractivity contribution is 5.32. The molecule has 17 heavy (non-hydrogen) atoms. The summed E-state index contributed by atoms with van der Waals surface area (Å²) in [5.74, 6) is 0.588. The van der Waals surface area contributed by atoms with Gasteiger partial charge in [-0.1, -0.05) is 17.7 Å². The molecule has 3 nitrogen and oxygen atoms in total. The molecule has 0 bridgehead atoms. The lowest BCUT2D eigenvalue weighted by molar-refractivity contribution is 0.591. The second-order valence-electron chi connectivity index (χ2n) is 4.29. The molecule has 0 saturated carbocycles. The van der Waals surface area contributed by atoms with Crippen LogP contribution in [0.1, 0.15) is 28.7 Å². The Kier molecular flexibility index (Phi) is 2.98. The van der Waals surface area contributed by atoms with E-state index in [-0.39, 0.29) is 5.82 Å². The second-order valence-corrected chi connectivity index (χ2v) is 4.29. The molecule has 1 atom stereocenters. The van der Waals surface area contributed by atoms with Gasteiger partial charge in [0.05, 0.1) is 17.9 Å². The fourth-order valence-electron chi connectivity index (χ4n) is 1.87. The van der Waals surface area contributed by atoms with Crippen LogP contribution in [0, 0.1) is 19.7 Å². The quantitative estimate of drug-likeness (QED) is 0.864. The van der Waals surface area contributed by atoms with Gasteiger partial charge >= 0.3 is 0 Å². The molecule has 1 aromatic carbocycles. The lowest BCUT2D eigenvalue weighted by Crippen LogP contribution is -2.17. The zero-order valence-electron chi connectivity index (χ0n) is 10.2. The molecule has 2 rings (SSSR count). The SMILES string of the molecule is Cc1ccc(F)c(C(N)c2cnc(C)n2C)c1. The Morgan fingerprint density at radius 3 is 2.65 bits per heavy atom. The molecule has 0 aliphatic rings. The molecular formula is C13H16FN3. The van der Waals surface area contributed by atoms with E-state index in [1.54, 1.807) is 18.3 Å². The average Bonchev–Trinajstić information content (AvgIpc) is 2.62. The largest absolute Gasteiger partial charge is 0.334 e. The second kappa shape index (κ2) is 4.30. The summed E-state index contributed by atoms with van der Waals surface area (Å²) < 4.78 is 15.6. The van der Waals surface area contributed by atoms with E-state index in [0.717, 1.165) is 17.1 Å². The summed E-state index contributed by atoms with van der Waals surface area (Å²) in [4.78, 5) is 4.18. The van der Waals surface area contributed by atoms with Crippen molar-refractivity contribution in [3.05, 3.63) is 52.9 Å². The Morgan fingerprint density at radius 1 is 1.35 bits per heavy atom. The third-order valence-electron chi connectivity index (χ3n) is 3.06. The topological polar surface area (TPSA) is 43.8 Å². The van der Waals surface area contributed by atoms with Gasteiger partial charge in [0.1, 0.15) is 11.6 Å². The fraction of sp³-hybridized carbons (Fsp3) is 0.308. The van der Waals surface area contributed by atoms with Crippen molar-refractivity contribution in [2.45, 2.75) is 19.9 Å². The number of halogens is 1. The van der Waals surface area contributed by atoms with Crippen LogP contribution < -0.4 is 5.73 Å². The van der Waals surface area contributed by atoms with Gasteiger partial charge in [0, 0.05) is 12.6 Å². The first-order valence-electron chi connectivity index (χ1n) is 5.50. The first kappa shape index (κ1) is 11.8. The molecular weight excluding hydrogens is 217 g/mol. The molecule has 0 saturated heterocycles. The third-order valence-corrected chi connectivity index (χ3v) is 3.06. The van der Waals surface area contributed by atoms with Gasteiger partial charge in [-0.3, -0.25) is 0 Å². The van der Waals surface area contributed by atoms with E-state index in [9.17, 15) is 4.39 Å². The monoisotopic (exact) mass is 233 g/mol. The van der Waals surface area contributed by atoms with E-state index in [1.165, 1.54) is 6.07 Å². The zero-order chi connectivity index (χ0) is 12.6. The maximum atomic E-state index is 13.7. The minimum Gasteiger partial charge on any atom is -0.334 e. The summed E-state index contributed by atoms with van der Waals surface area (Å²) in [5, 5.41) is 0. The maximum absolute atomic E-state index is 13.7. The first-order chi connectivity index (χ1) is 8.00. The van der Waals surface area contributed by atoms with Crippen molar-refractivity contribution in [2.24, 2.45) is 12.8 Å². The van der Waals surface area contributed by atoms with Crippen molar-refractivity contribution in [1.29, 1.82) is 0 Å². The van der Waals surface area contributed by atoms with Gasteiger partial charge in [-0.25, -0.2) is 9.37 Å². The Labute approximate surface area is 100 Å². The fourth-order valence-corrected chi connectivity index (χ4v) is 1.87. The predicted molar refractivity (Wildman–Crippen MR) is 65.1 cm³/mol. The van der Waals surface area contributed by atoms with E-state index < -0.39 is 6.04 Å². The van der Waals surface area contributed by atoms with Gasteiger partial charge in [-0.05, 0) is 19.9 Å². The van der Waals surface area contributed by atoms with Crippen LogP contribution in [0.15, 0.2) is 24.4 Å². The normalized spacial score (nSPS) is 12.8. The molecule has 4 heteroatoms. The van der Waals surface area contributed by atoms with Crippen molar-refractivity contribution < 1.29 is 4.39 Å². The maximum Gasteiger partial charge on any atom is 0.128 e. The molecule has 0 aliphatic heterocycles. The number of hydrogen-bond donors (Lipinski definition) is 1. The molecule has 0 radical (unpaired) electrons. The van der Waals surface area contributed by atoms with Gasteiger partial charge in [0.25, 0.3) is 0 Å². The number of benzene rings is 1. The Balaban J connectivity index is 2.47. The van der Waals surface area contributed by atoms with Crippen molar-refractivity contribution in [3.63, 3.8) is 0 Å². The molecule has 0 amide bonds. The summed E-state index contributed by atoms with van der Waals surface area (Å²) in [6, 6.07) is 4.48. The van der Waals surface area contributed by atoms with Gasteiger partial charge < -0.3 is 10.3 Å². The number of nitrogens with zero attached hydrogens (tertiary/aromatic N) is 2. The van der Waals surface area contributed by atoms with Crippen LogP contribution in [-0.4, -0.2) is 9.55 Å². The first-order valence-corrected chi connectivity index (χ1v) is 5.50. The Morgan fingerprint density at radius 2 is 2.06 bits per heavy atom. The summed E-state index contributed by atoms with van der Waals surface area (Å²) in [7, 11) is 1.88. The van der Waals surface area contributed by atoms with Crippen molar-refractivity contribution >= 4 is 0 Å². The molecule has 0 aliphatic carbocycles. The van der Waals surface area contributed by atoms with Crippen LogP contribution in [0.5, 0.6) is 0 Å². The lowest BCUT2D eigenvalue weighted by Gasteiger charge is -2.14. The highest BCUT2D eigenvalue weighted by atomic mass is 19.1. The van der Waals surface area contributed by atoms with E-state index >= 15 is 0 Å². The molecule has 0 spiro atoms. The van der Waals surface area contributed by atoms with E-state index in [0.29, 0.717) is 5.56 Å². The lowest BCUT2D eigenvalue weighted by atomic mass is 10.0. The van der Waals surface area contributed by atoms with Gasteiger partial charge in [0.2, 0.25) is 0 Å². The van der Waals surface area contributed by atoms with Crippen LogP contribution in [0.25, 0.3) is 0 Å². The van der Waals surface area contributed by atoms with Gasteiger partial charge in [0.15, 0.2) is 0 Å². The number of aromatic nitrogens is 2. The molecule has 2 aromatic rings. The van der Waals surface area contributed by atoms with Crippen molar-refractivity contribution in [2.75, 3.05) is 0 Å².